The fourth-order valence-corrected chi connectivity index (χ4v) is 1.82. The SMILES string of the molecule is CCC(CCl)NC(=O)c1ccc([N+](=O)[O-])cc1C. The Kier molecular flexibility index (Phi) is 5.09. The van der Waals surface area contributed by atoms with Gasteiger partial charge in [0.05, 0.1) is 4.92 Å². The number of carbonyl (C=O) groups excluding carboxylic acids is 1. The van der Waals surface area contributed by atoms with Crippen molar-refractivity contribution in [1.82, 2.24) is 5.32 Å². The molecule has 0 radical (unpaired) electrons. The van der Waals surface area contributed by atoms with Crippen LogP contribution in [0.25, 0.3) is 0 Å². The Bertz CT molecular complexity index is 459. The second-order valence-electron chi connectivity index (χ2n) is 3.99. The molecule has 1 amide bonds. The summed E-state index contributed by atoms with van der Waals surface area (Å²) in [6.07, 6.45) is 0.737. The van der Waals surface area contributed by atoms with E-state index in [9.17, 15) is 14.9 Å². The lowest BCUT2D eigenvalue weighted by atomic mass is 10.1. The number of benzene rings is 1. The smallest absolute Gasteiger partial charge is 0.269 e. The maximum Gasteiger partial charge on any atom is 0.269 e. The van der Waals surface area contributed by atoms with Gasteiger partial charge in [-0.05, 0) is 25.0 Å². The van der Waals surface area contributed by atoms with Gasteiger partial charge in [0.25, 0.3) is 11.6 Å². The molecule has 6 heteroatoms. The average molecular weight is 271 g/mol. The molecule has 1 atom stereocenters. The fourth-order valence-electron chi connectivity index (χ4n) is 1.53. The van der Waals surface area contributed by atoms with Crippen LogP contribution in [0.1, 0.15) is 29.3 Å². The van der Waals surface area contributed by atoms with Crippen molar-refractivity contribution in [3.63, 3.8) is 0 Å². The molecule has 1 rings (SSSR count). The van der Waals surface area contributed by atoms with Gasteiger partial charge in [-0.25, -0.2) is 0 Å². The van der Waals surface area contributed by atoms with Crippen LogP contribution < -0.4 is 5.32 Å². The average Bonchev–Trinajstić information content (AvgIpc) is 2.35. The summed E-state index contributed by atoms with van der Waals surface area (Å²) in [6, 6.07) is 4.08. The van der Waals surface area contributed by atoms with Crippen LogP contribution in [0.3, 0.4) is 0 Å². The van der Waals surface area contributed by atoms with Crippen LogP contribution in [-0.2, 0) is 0 Å². The molecule has 0 spiro atoms. The van der Waals surface area contributed by atoms with Crippen LogP contribution in [0.2, 0.25) is 0 Å². The van der Waals surface area contributed by atoms with Crippen molar-refractivity contribution < 1.29 is 9.72 Å². The highest BCUT2D eigenvalue weighted by atomic mass is 35.5. The summed E-state index contributed by atoms with van der Waals surface area (Å²) >= 11 is 5.70. The fraction of sp³-hybridized carbons (Fsp3) is 0.417. The van der Waals surface area contributed by atoms with Crippen molar-refractivity contribution in [2.45, 2.75) is 26.3 Å². The summed E-state index contributed by atoms with van der Waals surface area (Å²) in [5, 5.41) is 13.4. The standard InChI is InChI=1S/C12H15ClN2O3/c1-3-9(7-13)14-12(16)11-5-4-10(15(17)18)6-8(11)2/h4-6,9H,3,7H2,1-2H3,(H,14,16). The molecule has 0 saturated heterocycles. The molecular formula is C12H15ClN2O3. The Morgan fingerprint density at radius 2 is 2.22 bits per heavy atom. The van der Waals surface area contributed by atoms with Crippen molar-refractivity contribution in [2.24, 2.45) is 0 Å². The van der Waals surface area contributed by atoms with Crippen molar-refractivity contribution >= 4 is 23.2 Å². The van der Waals surface area contributed by atoms with E-state index in [0.29, 0.717) is 17.0 Å². The zero-order valence-electron chi connectivity index (χ0n) is 10.3. The molecule has 1 unspecified atom stereocenters. The second kappa shape index (κ2) is 6.35. The topological polar surface area (TPSA) is 72.2 Å². The van der Waals surface area contributed by atoms with E-state index in [4.69, 9.17) is 11.6 Å². The number of nitrogens with one attached hydrogen (secondary N) is 1. The number of nitro benzene ring substituents is 1. The van der Waals surface area contributed by atoms with E-state index in [1.807, 2.05) is 6.92 Å². The van der Waals surface area contributed by atoms with Crippen molar-refractivity contribution in [3.8, 4) is 0 Å². The number of alkyl halides is 1. The summed E-state index contributed by atoms with van der Waals surface area (Å²) in [4.78, 5) is 22.0. The molecule has 0 aliphatic rings. The summed E-state index contributed by atoms with van der Waals surface area (Å²) < 4.78 is 0. The third-order valence-corrected chi connectivity index (χ3v) is 3.05. The lowest BCUT2D eigenvalue weighted by Gasteiger charge is -2.14. The van der Waals surface area contributed by atoms with E-state index >= 15 is 0 Å². The third kappa shape index (κ3) is 3.43. The van der Waals surface area contributed by atoms with Gasteiger partial charge in [0, 0.05) is 29.6 Å². The van der Waals surface area contributed by atoms with Gasteiger partial charge in [-0.15, -0.1) is 11.6 Å². The quantitative estimate of drug-likeness (QED) is 0.508. The summed E-state index contributed by atoms with van der Waals surface area (Å²) in [5.41, 5.74) is 0.990. The Labute approximate surface area is 110 Å². The van der Waals surface area contributed by atoms with Gasteiger partial charge in [0.15, 0.2) is 0 Å². The van der Waals surface area contributed by atoms with Crippen LogP contribution in [-0.4, -0.2) is 22.8 Å². The lowest BCUT2D eigenvalue weighted by Crippen LogP contribution is -2.35. The molecule has 0 fully saturated rings. The number of amides is 1. The molecule has 1 N–H and O–H groups in total. The van der Waals surface area contributed by atoms with Gasteiger partial charge >= 0.3 is 0 Å². The Balaban J connectivity index is 2.90. The molecule has 18 heavy (non-hydrogen) atoms. The monoisotopic (exact) mass is 270 g/mol. The number of hydrogen-bond donors (Lipinski definition) is 1. The number of aryl methyl sites for hydroxylation is 1. The van der Waals surface area contributed by atoms with Gasteiger partial charge in [-0.2, -0.15) is 0 Å². The molecule has 5 nitrogen and oxygen atoms in total. The highest BCUT2D eigenvalue weighted by Crippen LogP contribution is 2.17. The Hall–Kier alpha value is -1.62. The lowest BCUT2D eigenvalue weighted by molar-refractivity contribution is -0.384. The first-order valence-corrected chi connectivity index (χ1v) is 6.14. The van der Waals surface area contributed by atoms with E-state index in [1.165, 1.54) is 18.2 Å². The predicted molar refractivity (Wildman–Crippen MR) is 70.1 cm³/mol. The number of non-ortho nitro benzene ring substituents is 1. The molecular weight excluding hydrogens is 256 g/mol. The zero-order chi connectivity index (χ0) is 13.7. The molecule has 0 saturated carbocycles. The van der Waals surface area contributed by atoms with Crippen LogP contribution in [0.5, 0.6) is 0 Å². The van der Waals surface area contributed by atoms with E-state index in [1.54, 1.807) is 6.92 Å². The number of nitrogens with zero attached hydrogens (tertiary/aromatic N) is 1. The summed E-state index contributed by atoms with van der Waals surface area (Å²) in [7, 11) is 0. The Morgan fingerprint density at radius 1 is 1.56 bits per heavy atom. The molecule has 0 aromatic heterocycles. The maximum atomic E-state index is 11.9. The highest BCUT2D eigenvalue weighted by Gasteiger charge is 2.15. The summed E-state index contributed by atoms with van der Waals surface area (Å²) in [6.45, 7) is 3.60. The van der Waals surface area contributed by atoms with Gasteiger partial charge in [-0.3, -0.25) is 14.9 Å². The minimum atomic E-state index is -0.484. The number of hydrogen-bond acceptors (Lipinski definition) is 3. The Morgan fingerprint density at radius 3 is 2.67 bits per heavy atom. The normalized spacial score (nSPS) is 11.9. The van der Waals surface area contributed by atoms with Gasteiger partial charge < -0.3 is 5.32 Å². The minimum Gasteiger partial charge on any atom is -0.348 e. The van der Waals surface area contributed by atoms with E-state index in [-0.39, 0.29) is 17.6 Å². The molecule has 0 bridgehead atoms. The van der Waals surface area contributed by atoms with E-state index < -0.39 is 4.92 Å². The largest absolute Gasteiger partial charge is 0.348 e. The van der Waals surface area contributed by atoms with Crippen LogP contribution in [0, 0.1) is 17.0 Å². The van der Waals surface area contributed by atoms with Gasteiger partial charge in [-0.1, -0.05) is 6.92 Å². The minimum absolute atomic E-state index is 0.0200. The van der Waals surface area contributed by atoms with Crippen molar-refractivity contribution in [3.05, 3.63) is 39.4 Å². The number of nitro groups is 1. The summed E-state index contributed by atoms with van der Waals surface area (Å²) in [5.74, 6) is 0.0868. The first kappa shape index (κ1) is 14.4. The van der Waals surface area contributed by atoms with Crippen LogP contribution in [0.15, 0.2) is 18.2 Å². The highest BCUT2D eigenvalue weighted by molar-refractivity contribution is 6.18. The number of carbonyl (C=O) groups is 1. The first-order chi connectivity index (χ1) is 8.49. The van der Waals surface area contributed by atoms with Crippen molar-refractivity contribution in [1.29, 1.82) is 0 Å². The van der Waals surface area contributed by atoms with Crippen LogP contribution >= 0.6 is 11.6 Å². The van der Waals surface area contributed by atoms with Crippen LogP contribution in [0.4, 0.5) is 5.69 Å². The molecule has 1 aromatic rings. The van der Waals surface area contributed by atoms with Gasteiger partial charge in [0.1, 0.15) is 0 Å². The molecule has 0 heterocycles. The molecule has 98 valence electrons. The van der Waals surface area contributed by atoms with E-state index in [0.717, 1.165) is 6.42 Å². The second-order valence-corrected chi connectivity index (χ2v) is 4.30. The zero-order valence-corrected chi connectivity index (χ0v) is 11.0. The maximum absolute atomic E-state index is 11.9. The number of rotatable bonds is 5. The molecule has 0 aliphatic carbocycles. The third-order valence-electron chi connectivity index (χ3n) is 2.68. The van der Waals surface area contributed by atoms with Gasteiger partial charge in [0.2, 0.25) is 0 Å². The first-order valence-electron chi connectivity index (χ1n) is 5.61. The van der Waals surface area contributed by atoms with E-state index in [2.05, 4.69) is 5.32 Å². The predicted octanol–water partition coefficient (Wildman–Crippen LogP) is 2.65. The molecule has 1 aromatic carbocycles. The molecule has 0 aliphatic heterocycles. The van der Waals surface area contributed by atoms with Crippen molar-refractivity contribution in [2.75, 3.05) is 5.88 Å². The number of halogens is 1.